The normalized spacial score (nSPS) is 13.7. The molecule has 0 unspecified atom stereocenters. The summed E-state index contributed by atoms with van der Waals surface area (Å²) in [5.41, 5.74) is 3.01. The van der Waals surface area contributed by atoms with Crippen LogP contribution in [0, 0.1) is 0 Å². The Kier molecular flexibility index (Phi) is 5.60. The maximum atomic E-state index is 12.6. The molecule has 1 aromatic heterocycles. The average molecular weight is 410 g/mol. The van der Waals surface area contributed by atoms with Crippen LogP contribution in [0.4, 0.5) is 0 Å². The fourth-order valence-electron chi connectivity index (χ4n) is 3.84. The minimum atomic E-state index is -0.205. The summed E-state index contributed by atoms with van der Waals surface area (Å²) in [6.07, 6.45) is 1.80. The van der Waals surface area contributed by atoms with Crippen molar-refractivity contribution in [3.63, 3.8) is 0 Å². The van der Waals surface area contributed by atoms with Crippen LogP contribution in [0.15, 0.2) is 47.3 Å². The van der Waals surface area contributed by atoms with Crippen LogP contribution in [0.3, 0.4) is 0 Å². The molecule has 2 heterocycles. The molecule has 2 aromatic carbocycles. The molecule has 6 nitrogen and oxygen atoms in total. The molecule has 4 rings (SSSR count). The van der Waals surface area contributed by atoms with E-state index in [1.54, 1.807) is 24.3 Å². The zero-order chi connectivity index (χ0) is 20.4. The molecule has 1 aliphatic heterocycles. The van der Waals surface area contributed by atoms with Gasteiger partial charge < -0.3 is 9.88 Å². The minimum absolute atomic E-state index is 0.0384. The molecular formula is C22H23N3O3S. The molecule has 29 heavy (non-hydrogen) atoms. The van der Waals surface area contributed by atoms with E-state index in [9.17, 15) is 14.4 Å². The average Bonchev–Trinajstić information content (AvgIpc) is 3.22. The van der Waals surface area contributed by atoms with E-state index in [-0.39, 0.29) is 16.7 Å². The lowest BCUT2D eigenvalue weighted by Gasteiger charge is -2.24. The van der Waals surface area contributed by atoms with Crippen LogP contribution in [0.5, 0.6) is 0 Å². The van der Waals surface area contributed by atoms with Gasteiger partial charge in [-0.25, -0.2) is 0 Å². The second-order valence-corrected chi connectivity index (χ2v) is 8.19. The van der Waals surface area contributed by atoms with Crippen LogP contribution in [-0.4, -0.2) is 52.8 Å². The number of carbonyl (C=O) groups excluding carboxylic acids is 2. The van der Waals surface area contributed by atoms with Gasteiger partial charge in [-0.1, -0.05) is 42.5 Å². The number of amides is 2. The zero-order valence-corrected chi connectivity index (χ0v) is 17.1. The third-order valence-electron chi connectivity index (χ3n) is 5.28. The predicted octanol–water partition coefficient (Wildman–Crippen LogP) is 3.14. The Balaban J connectivity index is 1.42. The summed E-state index contributed by atoms with van der Waals surface area (Å²) in [5, 5.41) is 0. The summed E-state index contributed by atoms with van der Waals surface area (Å²) in [7, 11) is 0. The molecule has 7 heteroatoms. The number of rotatable bonds is 8. The maximum Gasteiger partial charge on any atom is 0.305 e. The quantitative estimate of drug-likeness (QED) is 0.580. The van der Waals surface area contributed by atoms with Gasteiger partial charge in [0, 0.05) is 19.6 Å². The first-order chi connectivity index (χ1) is 14.1. The number of thiazole rings is 1. The molecule has 0 saturated heterocycles. The molecule has 0 fully saturated rings. The Labute approximate surface area is 172 Å². The van der Waals surface area contributed by atoms with Gasteiger partial charge in [0.2, 0.25) is 0 Å². The van der Waals surface area contributed by atoms with Gasteiger partial charge in [0.05, 0.1) is 21.3 Å². The molecule has 0 radical (unpaired) electrons. The first-order valence-electron chi connectivity index (χ1n) is 9.86. The number of fused-ring (bicyclic) bond motifs is 2. The molecule has 0 bridgehead atoms. The Hall–Kier alpha value is -2.77. The molecule has 0 atom stereocenters. The number of imide groups is 1. The van der Waals surface area contributed by atoms with Gasteiger partial charge in [0.25, 0.3) is 11.8 Å². The van der Waals surface area contributed by atoms with Crippen LogP contribution in [0.25, 0.3) is 10.2 Å². The summed E-state index contributed by atoms with van der Waals surface area (Å²) in [6, 6.07) is 12.9. The number of hydrogen-bond acceptors (Lipinski definition) is 5. The number of hydrogen-bond donors (Lipinski definition) is 1. The molecule has 0 saturated carbocycles. The number of nitrogens with one attached hydrogen (secondary N) is 1. The number of nitrogens with zero attached hydrogens (tertiary/aromatic N) is 2. The van der Waals surface area contributed by atoms with Gasteiger partial charge in [0.1, 0.15) is 0 Å². The highest BCUT2D eigenvalue weighted by Crippen LogP contribution is 2.23. The van der Waals surface area contributed by atoms with Crippen molar-refractivity contribution < 1.29 is 9.59 Å². The first-order valence-corrected chi connectivity index (χ1v) is 10.7. The Morgan fingerprint density at radius 1 is 0.931 bits per heavy atom. The summed E-state index contributed by atoms with van der Waals surface area (Å²) in [6.45, 7) is 4.84. The van der Waals surface area contributed by atoms with E-state index >= 15 is 0 Å². The summed E-state index contributed by atoms with van der Waals surface area (Å²) in [4.78, 5) is 43.2. The molecule has 2 amide bonds. The van der Waals surface area contributed by atoms with Crippen molar-refractivity contribution in [2.45, 2.75) is 19.8 Å². The third-order valence-corrected chi connectivity index (χ3v) is 6.26. The van der Waals surface area contributed by atoms with Gasteiger partial charge in [-0.05, 0) is 43.1 Å². The highest BCUT2D eigenvalue weighted by atomic mass is 32.1. The van der Waals surface area contributed by atoms with Crippen molar-refractivity contribution in [3.8, 4) is 0 Å². The van der Waals surface area contributed by atoms with Crippen LogP contribution >= 0.6 is 11.3 Å². The fourth-order valence-corrected chi connectivity index (χ4v) is 4.72. The molecule has 150 valence electrons. The van der Waals surface area contributed by atoms with Crippen molar-refractivity contribution in [1.82, 2.24) is 14.8 Å². The molecular weight excluding hydrogens is 386 g/mol. The van der Waals surface area contributed by atoms with E-state index in [1.807, 2.05) is 12.1 Å². The fraction of sp³-hybridized carbons (Fsp3) is 0.318. The SMILES string of the molecule is CCCN(CCc1cccc2[nH]c(=O)sc12)CCN1C(=O)c2ccccc2C1=O. The van der Waals surface area contributed by atoms with E-state index in [4.69, 9.17) is 0 Å². The standard InChI is InChI=1S/C22H23N3O3S/c1-2-11-24(12-10-15-6-5-9-18-19(15)29-22(28)23-18)13-14-25-20(26)16-7-3-4-8-17(16)21(25)27/h3-9H,2,10-14H2,1H3,(H,23,28). The number of benzene rings is 2. The van der Waals surface area contributed by atoms with Crippen LogP contribution in [0.2, 0.25) is 0 Å². The number of aromatic nitrogens is 1. The molecule has 0 spiro atoms. The van der Waals surface area contributed by atoms with E-state index in [0.29, 0.717) is 24.2 Å². The van der Waals surface area contributed by atoms with E-state index in [1.165, 1.54) is 16.2 Å². The Bertz CT molecular complexity index is 1080. The highest BCUT2D eigenvalue weighted by Gasteiger charge is 2.34. The summed E-state index contributed by atoms with van der Waals surface area (Å²) < 4.78 is 1.01. The van der Waals surface area contributed by atoms with Crippen LogP contribution in [0.1, 0.15) is 39.6 Å². The van der Waals surface area contributed by atoms with Crippen LogP contribution < -0.4 is 4.87 Å². The lowest BCUT2D eigenvalue weighted by molar-refractivity contribution is 0.0636. The van der Waals surface area contributed by atoms with Gasteiger partial charge in [-0.2, -0.15) is 0 Å². The molecule has 0 aliphatic carbocycles. The molecule has 1 aliphatic rings. The maximum absolute atomic E-state index is 12.6. The first kappa shape index (κ1) is 19.5. The van der Waals surface area contributed by atoms with E-state index < -0.39 is 0 Å². The van der Waals surface area contributed by atoms with Crippen LogP contribution in [-0.2, 0) is 6.42 Å². The highest BCUT2D eigenvalue weighted by molar-refractivity contribution is 7.16. The Morgan fingerprint density at radius 3 is 2.34 bits per heavy atom. The van der Waals surface area contributed by atoms with E-state index in [0.717, 1.165) is 41.7 Å². The van der Waals surface area contributed by atoms with Crippen molar-refractivity contribution in [3.05, 3.63) is 68.8 Å². The van der Waals surface area contributed by atoms with Gasteiger partial charge in [0.15, 0.2) is 0 Å². The topological polar surface area (TPSA) is 73.5 Å². The van der Waals surface area contributed by atoms with Crippen molar-refractivity contribution in [2.75, 3.05) is 26.2 Å². The lowest BCUT2D eigenvalue weighted by Crippen LogP contribution is -2.39. The van der Waals surface area contributed by atoms with Crippen molar-refractivity contribution in [2.24, 2.45) is 0 Å². The number of H-pyrrole nitrogens is 1. The summed E-state index contributed by atoms with van der Waals surface area (Å²) in [5.74, 6) is -0.409. The lowest BCUT2D eigenvalue weighted by atomic mass is 10.1. The van der Waals surface area contributed by atoms with Gasteiger partial charge in [-0.15, -0.1) is 0 Å². The Morgan fingerprint density at radius 2 is 1.66 bits per heavy atom. The van der Waals surface area contributed by atoms with Crippen molar-refractivity contribution >= 4 is 33.4 Å². The minimum Gasteiger partial charge on any atom is -0.312 e. The predicted molar refractivity (Wildman–Crippen MR) is 115 cm³/mol. The van der Waals surface area contributed by atoms with Crippen molar-refractivity contribution in [1.29, 1.82) is 0 Å². The monoisotopic (exact) mass is 409 g/mol. The van der Waals surface area contributed by atoms with Gasteiger partial charge in [-0.3, -0.25) is 19.3 Å². The second-order valence-electron chi connectivity index (χ2n) is 7.21. The smallest absolute Gasteiger partial charge is 0.305 e. The largest absolute Gasteiger partial charge is 0.312 e. The van der Waals surface area contributed by atoms with E-state index in [2.05, 4.69) is 22.9 Å². The number of aromatic amines is 1. The third kappa shape index (κ3) is 3.88. The zero-order valence-electron chi connectivity index (χ0n) is 16.3. The van der Waals surface area contributed by atoms with Gasteiger partial charge >= 0.3 is 4.87 Å². The number of carbonyl (C=O) groups is 2. The molecule has 3 aromatic rings. The second kappa shape index (κ2) is 8.31. The molecule has 1 N–H and O–H groups in total. The summed E-state index contributed by atoms with van der Waals surface area (Å²) >= 11 is 1.24.